The zero-order chi connectivity index (χ0) is 11.7. The normalized spacial score (nSPS) is 16.9. The highest BCUT2D eigenvalue weighted by Crippen LogP contribution is 2.37. The van der Waals surface area contributed by atoms with Gasteiger partial charge in [-0.05, 0) is 46.8 Å². The fourth-order valence-electron chi connectivity index (χ4n) is 1.66. The number of nitrogens with one attached hydrogen (secondary N) is 1. The van der Waals surface area contributed by atoms with Gasteiger partial charge in [-0.3, -0.25) is 4.79 Å². The molecule has 2 nitrogen and oxygen atoms in total. The van der Waals surface area contributed by atoms with Gasteiger partial charge in [0.05, 0.1) is 15.2 Å². The molecule has 0 spiro atoms. The quantitative estimate of drug-likeness (QED) is 0.895. The average Bonchev–Trinajstić information content (AvgIpc) is 3.07. The molecular formula is C12H13BrClNO. The molecule has 1 unspecified atom stereocenters. The maximum absolute atomic E-state index is 11.9. The number of hydrogen-bond donors (Lipinski definition) is 1. The van der Waals surface area contributed by atoms with E-state index in [1.807, 2.05) is 19.1 Å². The van der Waals surface area contributed by atoms with Crippen LogP contribution in [0, 0.1) is 11.8 Å². The Bertz CT molecular complexity index is 417. The number of benzene rings is 1. The van der Waals surface area contributed by atoms with Gasteiger partial charge in [-0.15, -0.1) is 0 Å². The minimum absolute atomic E-state index is 0.0745. The van der Waals surface area contributed by atoms with Gasteiger partial charge in [0, 0.05) is 5.92 Å². The molecule has 0 aromatic heterocycles. The molecule has 16 heavy (non-hydrogen) atoms. The van der Waals surface area contributed by atoms with Gasteiger partial charge in [-0.2, -0.15) is 0 Å². The van der Waals surface area contributed by atoms with Crippen LogP contribution in [0.3, 0.4) is 0 Å². The topological polar surface area (TPSA) is 29.1 Å². The van der Waals surface area contributed by atoms with Crippen molar-refractivity contribution in [2.24, 2.45) is 11.8 Å². The lowest BCUT2D eigenvalue weighted by molar-refractivity contribution is -0.119. The Hall–Kier alpha value is -0.540. The third-order valence-electron chi connectivity index (χ3n) is 2.95. The molecule has 1 aliphatic rings. The number of carbonyl (C=O) groups is 1. The van der Waals surface area contributed by atoms with Crippen LogP contribution in [0.2, 0.25) is 5.02 Å². The standard InChI is InChI=1S/C12H13BrClNO/c1-7(8-5-6-8)12(16)15-10-4-2-3-9(14)11(10)13/h2-4,7-8H,5-6H2,1H3,(H,15,16). The summed E-state index contributed by atoms with van der Waals surface area (Å²) in [5.41, 5.74) is 0.741. The van der Waals surface area contributed by atoms with E-state index < -0.39 is 0 Å². The Morgan fingerprint density at radius 1 is 1.56 bits per heavy atom. The predicted molar refractivity (Wildman–Crippen MR) is 69.7 cm³/mol. The summed E-state index contributed by atoms with van der Waals surface area (Å²) < 4.78 is 0.744. The third-order valence-corrected chi connectivity index (χ3v) is 4.35. The van der Waals surface area contributed by atoms with E-state index in [-0.39, 0.29) is 11.8 Å². The molecule has 1 aliphatic carbocycles. The van der Waals surface area contributed by atoms with E-state index in [0.717, 1.165) is 10.2 Å². The highest BCUT2D eigenvalue weighted by Gasteiger charge is 2.32. The molecule has 0 bridgehead atoms. The lowest BCUT2D eigenvalue weighted by Crippen LogP contribution is -2.22. The number of rotatable bonds is 3. The molecule has 0 saturated heterocycles. The van der Waals surface area contributed by atoms with E-state index >= 15 is 0 Å². The zero-order valence-electron chi connectivity index (χ0n) is 8.97. The predicted octanol–water partition coefficient (Wildman–Crippen LogP) is 4.09. The second-order valence-electron chi connectivity index (χ2n) is 4.22. The molecule has 1 amide bonds. The fraction of sp³-hybridized carbons (Fsp3) is 0.417. The van der Waals surface area contributed by atoms with Crippen molar-refractivity contribution in [3.63, 3.8) is 0 Å². The van der Waals surface area contributed by atoms with E-state index in [1.54, 1.807) is 6.07 Å². The van der Waals surface area contributed by atoms with E-state index in [0.29, 0.717) is 10.9 Å². The largest absolute Gasteiger partial charge is 0.325 e. The van der Waals surface area contributed by atoms with Crippen molar-refractivity contribution in [3.8, 4) is 0 Å². The molecule has 1 aromatic carbocycles. The van der Waals surface area contributed by atoms with Gasteiger partial charge in [-0.25, -0.2) is 0 Å². The summed E-state index contributed by atoms with van der Waals surface area (Å²) in [6, 6.07) is 5.45. The molecule has 1 fully saturated rings. The first-order valence-corrected chi connectivity index (χ1v) is 6.51. The molecule has 1 aromatic rings. The van der Waals surface area contributed by atoms with Crippen LogP contribution in [-0.4, -0.2) is 5.91 Å². The van der Waals surface area contributed by atoms with E-state index in [2.05, 4.69) is 21.2 Å². The lowest BCUT2D eigenvalue weighted by Gasteiger charge is -2.12. The summed E-state index contributed by atoms with van der Waals surface area (Å²) in [5, 5.41) is 3.51. The summed E-state index contributed by atoms with van der Waals surface area (Å²) in [5.74, 6) is 0.731. The Morgan fingerprint density at radius 3 is 2.88 bits per heavy atom. The Morgan fingerprint density at radius 2 is 2.25 bits per heavy atom. The summed E-state index contributed by atoms with van der Waals surface area (Å²) in [7, 11) is 0. The maximum atomic E-state index is 11.9. The summed E-state index contributed by atoms with van der Waals surface area (Å²) in [4.78, 5) is 11.9. The summed E-state index contributed by atoms with van der Waals surface area (Å²) >= 11 is 9.32. The van der Waals surface area contributed by atoms with Gasteiger partial charge >= 0.3 is 0 Å². The SMILES string of the molecule is CC(C(=O)Nc1cccc(Cl)c1Br)C1CC1. The van der Waals surface area contributed by atoms with Crippen molar-refractivity contribution in [3.05, 3.63) is 27.7 Å². The van der Waals surface area contributed by atoms with Gasteiger partial charge in [0.2, 0.25) is 5.91 Å². The number of halogens is 2. The lowest BCUT2D eigenvalue weighted by atomic mass is 10.1. The molecule has 86 valence electrons. The Labute approximate surface area is 108 Å². The van der Waals surface area contributed by atoms with Crippen LogP contribution < -0.4 is 5.32 Å². The second kappa shape index (κ2) is 4.76. The maximum Gasteiger partial charge on any atom is 0.227 e. The monoisotopic (exact) mass is 301 g/mol. The van der Waals surface area contributed by atoms with Crippen LogP contribution in [0.5, 0.6) is 0 Å². The van der Waals surface area contributed by atoms with Crippen molar-refractivity contribution in [2.75, 3.05) is 5.32 Å². The second-order valence-corrected chi connectivity index (χ2v) is 5.42. The highest BCUT2D eigenvalue weighted by molar-refractivity contribution is 9.10. The molecule has 1 N–H and O–H groups in total. The number of carbonyl (C=O) groups excluding carboxylic acids is 1. The van der Waals surface area contributed by atoms with E-state index in [1.165, 1.54) is 12.8 Å². The van der Waals surface area contributed by atoms with Crippen LogP contribution >= 0.6 is 27.5 Å². The van der Waals surface area contributed by atoms with Crippen molar-refractivity contribution in [2.45, 2.75) is 19.8 Å². The molecule has 4 heteroatoms. The molecule has 0 aliphatic heterocycles. The molecule has 1 saturated carbocycles. The van der Waals surface area contributed by atoms with Crippen LogP contribution in [-0.2, 0) is 4.79 Å². The summed E-state index contributed by atoms with van der Waals surface area (Å²) in [6.07, 6.45) is 2.34. The summed E-state index contributed by atoms with van der Waals surface area (Å²) in [6.45, 7) is 1.98. The minimum Gasteiger partial charge on any atom is -0.325 e. The molecule has 0 radical (unpaired) electrons. The van der Waals surface area contributed by atoms with Gasteiger partial charge < -0.3 is 5.32 Å². The van der Waals surface area contributed by atoms with Gasteiger partial charge in [0.25, 0.3) is 0 Å². The van der Waals surface area contributed by atoms with Crippen LogP contribution in [0.4, 0.5) is 5.69 Å². The van der Waals surface area contributed by atoms with Gasteiger partial charge in [-0.1, -0.05) is 24.6 Å². The molecule has 0 heterocycles. The van der Waals surface area contributed by atoms with Crippen molar-refractivity contribution >= 4 is 39.1 Å². The number of hydrogen-bond acceptors (Lipinski definition) is 1. The Balaban J connectivity index is 2.08. The first-order chi connectivity index (χ1) is 7.59. The van der Waals surface area contributed by atoms with E-state index in [9.17, 15) is 4.79 Å². The smallest absolute Gasteiger partial charge is 0.227 e. The van der Waals surface area contributed by atoms with Crippen molar-refractivity contribution in [1.82, 2.24) is 0 Å². The third kappa shape index (κ3) is 2.58. The minimum atomic E-state index is 0.0745. The van der Waals surface area contributed by atoms with Gasteiger partial charge in [0.1, 0.15) is 0 Å². The van der Waals surface area contributed by atoms with Crippen LogP contribution in [0.15, 0.2) is 22.7 Å². The number of amides is 1. The van der Waals surface area contributed by atoms with Crippen molar-refractivity contribution in [1.29, 1.82) is 0 Å². The molecular weight excluding hydrogens is 289 g/mol. The number of anilines is 1. The van der Waals surface area contributed by atoms with Crippen LogP contribution in [0.25, 0.3) is 0 Å². The molecule has 2 rings (SSSR count). The first-order valence-electron chi connectivity index (χ1n) is 5.34. The first kappa shape index (κ1) is 11.9. The molecule has 1 atom stereocenters. The Kier molecular flexibility index (Phi) is 3.55. The van der Waals surface area contributed by atoms with Crippen molar-refractivity contribution < 1.29 is 4.79 Å². The fourth-order valence-corrected chi connectivity index (χ4v) is 2.20. The highest BCUT2D eigenvalue weighted by atomic mass is 79.9. The average molecular weight is 303 g/mol. The van der Waals surface area contributed by atoms with E-state index in [4.69, 9.17) is 11.6 Å². The zero-order valence-corrected chi connectivity index (χ0v) is 11.3. The van der Waals surface area contributed by atoms with Gasteiger partial charge in [0.15, 0.2) is 0 Å². The van der Waals surface area contributed by atoms with Crippen LogP contribution in [0.1, 0.15) is 19.8 Å².